The molecule has 0 aromatic carbocycles. The molecule has 2 aromatic heterocycles. The van der Waals surface area contributed by atoms with Gasteiger partial charge in [-0.2, -0.15) is 26.3 Å². The van der Waals surface area contributed by atoms with E-state index in [1.54, 1.807) is 7.11 Å². The van der Waals surface area contributed by atoms with Gasteiger partial charge in [0.15, 0.2) is 0 Å². The summed E-state index contributed by atoms with van der Waals surface area (Å²) in [6.45, 7) is 2.79. The Labute approximate surface area is 174 Å². The minimum absolute atomic E-state index is 0.0125. The van der Waals surface area contributed by atoms with Crippen molar-refractivity contribution in [2.45, 2.75) is 24.8 Å². The molecule has 170 valence electrons. The average Bonchev–Trinajstić information content (AvgIpc) is 3.00. The molecule has 0 spiro atoms. The normalized spacial score (nSPS) is 23.9. The van der Waals surface area contributed by atoms with Crippen LogP contribution in [0.15, 0.2) is 18.5 Å². The number of hydrogen-bond donors (Lipinski definition) is 1. The Morgan fingerprint density at radius 2 is 1.84 bits per heavy atom. The summed E-state index contributed by atoms with van der Waals surface area (Å²) in [6.07, 6.45) is -7.99. The maximum absolute atomic E-state index is 13.2. The maximum atomic E-state index is 13.2. The van der Waals surface area contributed by atoms with Gasteiger partial charge in [0.2, 0.25) is 0 Å². The van der Waals surface area contributed by atoms with Gasteiger partial charge < -0.3 is 19.9 Å². The highest BCUT2D eigenvalue weighted by Gasteiger charge is 2.57. The van der Waals surface area contributed by atoms with Crippen LogP contribution < -0.4 is 5.73 Å². The molecule has 1 saturated heterocycles. The second-order valence-electron chi connectivity index (χ2n) is 7.97. The maximum Gasteiger partial charge on any atom is 0.419 e. The minimum atomic E-state index is -4.73. The molecule has 3 atom stereocenters. The number of fused-ring (bicyclic) bond motifs is 1. The molecule has 1 saturated carbocycles. The van der Waals surface area contributed by atoms with E-state index in [-0.39, 0.29) is 35.0 Å². The molecule has 2 aliphatic rings. The van der Waals surface area contributed by atoms with Crippen LogP contribution in [-0.2, 0) is 17.3 Å². The third-order valence-corrected chi connectivity index (χ3v) is 5.84. The van der Waals surface area contributed by atoms with E-state index < -0.39 is 30.2 Å². The van der Waals surface area contributed by atoms with Gasteiger partial charge in [0.25, 0.3) is 0 Å². The number of alkyl halides is 6. The van der Waals surface area contributed by atoms with Crippen molar-refractivity contribution in [3.05, 3.63) is 29.8 Å². The molecule has 0 radical (unpaired) electrons. The Bertz CT molecular complexity index is 944. The quantitative estimate of drug-likeness (QED) is 0.685. The molecule has 0 unspecified atom stereocenters. The van der Waals surface area contributed by atoms with Gasteiger partial charge >= 0.3 is 12.4 Å². The molecule has 0 amide bonds. The number of nitrogens with zero attached hydrogens (tertiary/aromatic N) is 4. The molecule has 4 rings (SSSR count). The standard InChI is InChI=1S/C19H21F6N5O/c1-31-3-2-29-7-11-12(8-29)16(11)30-9-14(28-15(30)5-18(20,21)22)10-4-13(19(23,24)25)17(26)27-6-10/h4,6,9,11-12,16H,2-3,5,7-8H2,1H3,(H2,26,27)/t11-,12+,16+. The first kappa shape index (κ1) is 21.9. The number of pyridine rings is 1. The number of methoxy groups -OCH3 is 1. The predicted octanol–water partition coefficient (Wildman–Crippen LogP) is 3.40. The van der Waals surface area contributed by atoms with E-state index >= 15 is 0 Å². The lowest BCUT2D eigenvalue weighted by Crippen LogP contribution is -2.29. The van der Waals surface area contributed by atoms with E-state index in [0.29, 0.717) is 6.61 Å². The first-order chi connectivity index (χ1) is 14.5. The fourth-order valence-corrected chi connectivity index (χ4v) is 4.38. The number of rotatable bonds is 6. The number of anilines is 1. The predicted molar refractivity (Wildman–Crippen MR) is 99.0 cm³/mol. The van der Waals surface area contributed by atoms with Crippen molar-refractivity contribution < 1.29 is 31.1 Å². The molecule has 3 heterocycles. The van der Waals surface area contributed by atoms with Gasteiger partial charge in [-0.25, -0.2) is 9.97 Å². The number of ether oxygens (including phenoxy) is 1. The Morgan fingerprint density at radius 3 is 2.42 bits per heavy atom. The number of nitrogens with two attached hydrogens (primary N) is 1. The summed E-state index contributed by atoms with van der Waals surface area (Å²) in [5.41, 5.74) is 4.16. The van der Waals surface area contributed by atoms with Crippen LogP contribution in [-0.4, -0.2) is 59.0 Å². The highest BCUT2D eigenvalue weighted by atomic mass is 19.4. The zero-order valence-corrected chi connectivity index (χ0v) is 16.5. The lowest BCUT2D eigenvalue weighted by atomic mass is 10.1. The molecular weight excluding hydrogens is 428 g/mol. The van der Waals surface area contributed by atoms with Gasteiger partial charge in [0.05, 0.1) is 17.9 Å². The van der Waals surface area contributed by atoms with Crippen LogP contribution in [0.2, 0.25) is 0 Å². The Kier molecular flexibility index (Phi) is 5.41. The molecule has 2 fully saturated rings. The van der Waals surface area contributed by atoms with E-state index in [1.807, 2.05) is 0 Å². The van der Waals surface area contributed by atoms with Crippen LogP contribution in [0, 0.1) is 11.8 Å². The lowest BCUT2D eigenvalue weighted by molar-refractivity contribution is -0.137. The molecule has 2 N–H and O–H groups in total. The molecule has 1 aliphatic heterocycles. The third kappa shape index (κ3) is 4.49. The summed E-state index contributed by atoms with van der Waals surface area (Å²) < 4.78 is 85.4. The largest absolute Gasteiger partial charge is 0.419 e. The zero-order valence-electron chi connectivity index (χ0n) is 16.5. The molecule has 0 bridgehead atoms. The number of halogens is 6. The highest BCUT2D eigenvalue weighted by molar-refractivity contribution is 5.62. The van der Waals surface area contributed by atoms with Crippen LogP contribution in [0.5, 0.6) is 0 Å². The molecule has 1 aliphatic carbocycles. The Balaban J connectivity index is 1.62. The molecule has 31 heavy (non-hydrogen) atoms. The Morgan fingerprint density at radius 1 is 1.16 bits per heavy atom. The number of aromatic nitrogens is 3. The summed E-state index contributed by atoms with van der Waals surface area (Å²) >= 11 is 0. The van der Waals surface area contributed by atoms with Gasteiger partial charge in [-0.3, -0.25) is 0 Å². The fraction of sp³-hybridized carbons (Fsp3) is 0.579. The monoisotopic (exact) mass is 449 g/mol. The second kappa shape index (κ2) is 7.66. The SMILES string of the molecule is COCCN1C[C@@H]2[C@H](C1)[C@H]2n1cc(-c2cnc(N)c(C(F)(F)F)c2)nc1CC(F)(F)F. The molecule has 12 heteroatoms. The molecule has 6 nitrogen and oxygen atoms in total. The van der Waals surface area contributed by atoms with Gasteiger partial charge in [-0.05, 0) is 17.9 Å². The van der Waals surface area contributed by atoms with Crippen molar-refractivity contribution in [3.63, 3.8) is 0 Å². The summed E-state index contributed by atoms with van der Waals surface area (Å²) in [5.74, 6) is -0.544. The first-order valence-corrected chi connectivity index (χ1v) is 9.67. The smallest absolute Gasteiger partial charge is 0.383 e. The van der Waals surface area contributed by atoms with Crippen molar-refractivity contribution in [2.24, 2.45) is 11.8 Å². The lowest BCUT2D eigenvalue weighted by Gasteiger charge is -2.20. The van der Waals surface area contributed by atoms with E-state index in [9.17, 15) is 26.3 Å². The number of piperidine rings is 1. The minimum Gasteiger partial charge on any atom is -0.383 e. The molecule has 2 aromatic rings. The second-order valence-corrected chi connectivity index (χ2v) is 7.97. The van der Waals surface area contributed by atoms with Crippen molar-refractivity contribution in [3.8, 4) is 11.3 Å². The van der Waals surface area contributed by atoms with E-state index in [0.717, 1.165) is 31.9 Å². The summed E-state index contributed by atoms with van der Waals surface area (Å²) in [4.78, 5) is 9.79. The Hall–Kier alpha value is -2.34. The summed E-state index contributed by atoms with van der Waals surface area (Å²) in [5, 5.41) is 0. The first-order valence-electron chi connectivity index (χ1n) is 9.67. The van der Waals surface area contributed by atoms with Crippen LogP contribution in [0.3, 0.4) is 0 Å². The fourth-order valence-electron chi connectivity index (χ4n) is 4.38. The van der Waals surface area contributed by atoms with E-state index in [2.05, 4.69) is 14.9 Å². The van der Waals surface area contributed by atoms with Crippen molar-refractivity contribution in [1.29, 1.82) is 0 Å². The van der Waals surface area contributed by atoms with Crippen molar-refractivity contribution in [2.75, 3.05) is 39.1 Å². The number of nitrogen functional groups attached to an aromatic ring is 1. The van der Waals surface area contributed by atoms with Crippen LogP contribution in [0.1, 0.15) is 17.4 Å². The van der Waals surface area contributed by atoms with Crippen LogP contribution in [0.4, 0.5) is 32.2 Å². The van der Waals surface area contributed by atoms with E-state index in [4.69, 9.17) is 10.5 Å². The van der Waals surface area contributed by atoms with Gasteiger partial charge in [-0.15, -0.1) is 0 Å². The van der Waals surface area contributed by atoms with Gasteiger partial charge in [0.1, 0.15) is 18.1 Å². The summed E-state index contributed by atoms with van der Waals surface area (Å²) in [6, 6.07) is 0.619. The number of likely N-dealkylation sites (tertiary alicyclic amines) is 1. The van der Waals surface area contributed by atoms with Crippen molar-refractivity contribution >= 4 is 5.82 Å². The average molecular weight is 449 g/mol. The number of imidazole rings is 1. The van der Waals surface area contributed by atoms with Crippen molar-refractivity contribution in [1.82, 2.24) is 19.4 Å². The van der Waals surface area contributed by atoms with Gasteiger partial charge in [0, 0.05) is 50.7 Å². The zero-order chi connectivity index (χ0) is 22.6. The van der Waals surface area contributed by atoms with Gasteiger partial charge in [-0.1, -0.05) is 0 Å². The number of hydrogen-bond acceptors (Lipinski definition) is 5. The third-order valence-electron chi connectivity index (χ3n) is 5.84. The van der Waals surface area contributed by atoms with Crippen LogP contribution >= 0.6 is 0 Å². The topological polar surface area (TPSA) is 69.2 Å². The van der Waals surface area contributed by atoms with E-state index in [1.165, 1.54) is 10.8 Å². The molecular formula is C19H21F6N5O. The highest BCUT2D eigenvalue weighted by Crippen LogP contribution is 2.56. The van der Waals surface area contributed by atoms with Crippen LogP contribution in [0.25, 0.3) is 11.3 Å². The summed E-state index contributed by atoms with van der Waals surface area (Å²) in [7, 11) is 1.60.